The quantitative estimate of drug-likeness (QED) is 0.798. The Morgan fingerprint density at radius 1 is 1.40 bits per heavy atom. The second kappa shape index (κ2) is 8.25. The van der Waals surface area contributed by atoms with E-state index in [0.29, 0.717) is 32.5 Å². The Labute approximate surface area is 152 Å². The SMILES string of the molecule is CN(Cc1ccsc1)C(=O)[C@@H]1CCC(=O)N(CCc2ccccn2)C1. The first kappa shape index (κ1) is 17.6. The molecule has 0 unspecified atom stereocenters. The average Bonchev–Trinajstić information content (AvgIpc) is 3.14. The van der Waals surface area contributed by atoms with Gasteiger partial charge in [-0.3, -0.25) is 14.6 Å². The van der Waals surface area contributed by atoms with Gasteiger partial charge in [0.1, 0.15) is 0 Å². The molecular formula is C19H23N3O2S. The molecule has 1 aliphatic heterocycles. The number of nitrogens with zero attached hydrogens (tertiary/aromatic N) is 3. The molecule has 0 spiro atoms. The van der Waals surface area contributed by atoms with E-state index in [1.807, 2.05) is 41.6 Å². The third kappa shape index (κ3) is 4.66. The standard InChI is InChI=1S/C19H23N3O2S/c1-21(12-15-8-11-25-14-15)19(24)16-5-6-18(23)22(13-16)10-7-17-4-2-3-9-20-17/h2-4,8-9,11,14,16H,5-7,10,12-13H2,1H3/t16-/m1/s1. The van der Waals surface area contributed by atoms with E-state index < -0.39 is 0 Å². The highest BCUT2D eigenvalue weighted by atomic mass is 32.1. The molecule has 2 amide bonds. The summed E-state index contributed by atoms with van der Waals surface area (Å²) in [4.78, 5) is 32.8. The van der Waals surface area contributed by atoms with Crippen LogP contribution in [0.4, 0.5) is 0 Å². The zero-order valence-corrected chi connectivity index (χ0v) is 15.2. The van der Waals surface area contributed by atoms with Crippen LogP contribution in [0.1, 0.15) is 24.1 Å². The third-order valence-corrected chi connectivity index (χ3v) is 5.32. The second-order valence-corrected chi connectivity index (χ2v) is 7.25. The van der Waals surface area contributed by atoms with Crippen LogP contribution in [0, 0.1) is 5.92 Å². The minimum Gasteiger partial charge on any atom is -0.342 e. The van der Waals surface area contributed by atoms with Gasteiger partial charge in [-0.15, -0.1) is 0 Å². The first-order valence-corrected chi connectivity index (χ1v) is 9.51. The minimum atomic E-state index is -0.106. The van der Waals surface area contributed by atoms with Crippen molar-refractivity contribution in [3.8, 4) is 0 Å². The number of likely N-dealkylation sites (tertiary alicyclic amines) is 1. The summed E-state index contributed by atoms with van der Waals surface area (Å²) in [6.45, 7) is 1.76. The Hall–Kier alpha value is -2.21. The van der Waals surface area contributed by atoms with Crippen molar-refractivity contribution in [2.75, 3.05) is 20.1 Å². The Balaban J connectivity index is 1.55. The summed E-state index contributed by atoms with van der Waals surface area (Å²) in [7, 11) is 1.84. The fourth-order valence-corrected chi connectivity index (χ4v) is 3.83. The van der Waals surface area contributed by atoms with E-state index >= 15 is 0 Å². The number of rotatable bonds is 6. The zero-order valence-electron chi connectivity index (χ0n) is 14.4. The molecule has 3 heterocycles. The van der Waals surface area contributed by atoms with Crippen LogP contribution in [0.25, 0.3) is 0 Å². The summed E-state index contributed by atoms with van der Waals surface area (Å²) in [5.74, 6) is 0.159. The normalized spacial score (nSPS) is 17.6. The highest BCUT2D eigenvalue weighted by Crippen LogP contribution is 2.21. The number of pyridine rings is 1. The molecule has 0 aliphatic carbocycles. The van der Waals surface area contributed by atoms with Gasteiger partial charge in [0, 0.05) is 51.4 Å². The number of aromatic nitrogens is 1. The van der Waals surface area contributed by atoms with E-state index in [4.69, 9.17) is 0 Å². The Kier molecular flexibility index (Phi) is 5.81. The van der Waals surface area contributed by atoms with Crippen molar-refractivity contribution in [1.82, 2.24) is 14.8 Å². The molecule has 0 bridgehead atoms. The van der Waals surface area contributed by atoms with Crippen molar-refractivity contribution < 1.29 is 9.59 Å². The molecule has 1 aliphatic rings. The Morgan fingerprint density at radius 3 is 3.00 bits per heavy atom. The molecule has 132 valence electrons. The monoisotopic (exact) mass is 357 g/mol. The number of carbonyl (C=O) groups excluding carboxylic acids is 2. The predicted molar refractivity (Wildman–Crippen MR) is 98.0 cm³/mol. The van der Waals surface area contributed by atoms with Gasteiger partial charge in [-0.05, 0) is 40.9 Å². The maximum atomic E-state index is 12.7. The summed E-state index contributed by atoms with van der Waals surface area (Å²) < 4.78 is 0. The van der Waals surface area contributed by atoms with Gasteiger partial charge in [-0.1, -0.05) is 6.07 Å². The lowest BCUT2D eigenvalue weighted by Gasteiger charge is -2.33. The van der Waals surface area contributed by atoms with Crippen molar-refractivity contribution in [2.24, 2.45) is 5.92 Å². The van der Waals surface area contributed by atoms with Crippen LogP contribution in [0.3, 0.4) is 0 Å². The number of piperidine rings is 1. The molecule has 1 atom stereocenters. The fourth-order valence-electron chi connectivity index (χ4n) is 3.17. The van der Waals surface area contributed by atoms with E-state index in [1.165, 1.54) is 0 Å². The van der Waals surface area contributed by atoms with Crippen LogP contribution in [-0.2, 0) is 22.6 Å². The van der Waals surface area contributed by atoms with Gasteiger partial charge in [-0.25, -0.2) is 0 Å². The zero-order chi connectivity index (χ0) is 17.6. The topological polar surface area (TPSA) is 53.5 Å². The van der Waals surface area contributed by atoms with E-state index in [9.17, 15) is 9.59 Å². The summed E-state index contributed by atoms with van der Waals surface area (Å²) in [6.07, 6.45) is 3.58. The summed E-state index contributed by atoms with van der Waals surface area (Å²) in [6, 6.07) is 7.84. The van der Waals surface area contributed by atoms with Crippen LogP contribution in [-0.4, -0.2) is 46.7 Å². The van der Waals surface area contributed by atoms with Crippen LogP contribution in [0.5, 0.6) is 0 Å². The number of amides is 2. The maximum Gasteiger partial charge on any atom is 0.227 e. The highest BCUT2D eigenvalue weighted by molar-refractivity contribution is 7.07. The molecule has 0 N–H and O–H groups in total. The molecule has 6 heteroatoms. The van der Waals surface area contributed by atoms with Gasteiger partial charge in [-0.2, -0.15) is 11.3 Å². The molecule has 0 saturated carbocycles. The van der Waals surface area contributed by atoms with E-state index in [0.717, 1.165) is 17.7 Å². The molecule has 1 saturated heterocycles. The molecule has 2 aromatic rings. The second-order valence-electron chi connectivity index (χ2n) is 6.47. The lowest BCUT2D eigenvalue weighted by Crippen LogP contribution is -2.46. The van der Waals surface area contributed by atoms with Crippen molar-refractivity contribution in [3.63, 3.8) is 0 Å². The molecule has 2 aromatic heterocycles. The molecule has 0 radical (unpaired) electrons. The fraction of sp³-hybridized carbons (Fsp3) is 0.421. The first-order valence-electron chi connectivity index (χ1n) is 8.57. The lowest BCUT2D eigenvalue weighted by molar-refractivity contribution is -0.142. The highest BCUT2D eigenvalue weighted by Gasteiger charge is 2.31. The van der Waals surface area contributed by atoms with E-state index in [2.05, 4.69) is 10.4 Å². The van der Waals surface area contributed by atoms with Crippen molar-refractivity contribution >= 4 is 23.2 Å². The van der Waals surface area contributed by atoms with Crippen LogP contribution < -0.4 is 0 Å². The van der Waals surface area contributed by atoms with Crippen molar-refractivity contribution in [2.45, 2.75) is 25.8 Å². The average molecular weight is 357 g/mol. The third-order valence-electron chi connectivity index (χ3n) is 4.59. The molecule has 0 aromatic carbocycles. The van der Waals surface area contributed by atoms with Gasteiger partial charge in [0.05, 0.1) is 5.92 Å². The molecule has 25 heavy (non-hydrogen) atoms. The Bertz CT molecular complexity index is 703. The maximum absolute atomic E-state index is 12.7. The molecule has 1 fully saturated rings. The van der Waals surface area contributed by atoms with Crippen LogP contribution >= 0.6 is 11.3 Å². The van der Waals surface area contributed by atoms with Crippen LogP contribution in [0.2, 0.25) is 0 Å². The van der Waals surface area contributed by atoms with Crippen molar-refractivity contribution in [1.29, 1.82) is 0 Å². The molecule has 3 rings (SSSR count). The number of carbonyl (C=O) groups is 2. The van der Waals surface area contributed by atoms with E-state index in [1.54, 1.807) is 22.4 Å². The van der Waals surface area contributed by atoms with Crippen molar-refractivity contribution in [3.05, 3.63) is 52.5 Å². The molecule has 5 nitrogen and oxygen atoms in total. The lowest BCUT2D eigenvalue weighted by atomic mass is 9.95. The van der Waals surface area contributed by atoms with Gasteiger partial charge < -0.3 is 9.80 Å². The number of hydrogen-bond donors (Lipinski definition) is 0. The first-order chi connectivity index (χ1) is 12.1. The summed E-state index contributed by atoms with van der Waals surface area (Å²) in [5.41, 5.74) is 2.12. The summed E-state index contributed by atoms with van der Waals surface area (Å²) in [5, 5.41) is 4.08. The van der Waals surface area contributed by atoms with Gasteiger partial charge >= 0.3 is 0 Å². The van der Waals surface area contributed by atoms with Gasteiger partial charge in [0.15, 0.2) is 0 Å². The van der Waals surface area contributed by atoms with Gasteiger partial charge in [0.2, 0.25) is 11.8 Å². The number of thiophene rings is 1. The smallest absolute Gasteiger partial charge is 0.227 e. The predicted octanol–water partition coefficient (Wildman–Crippen LogP) is 2.58. The van der Waals surface area contributed by atoms with E-state index in [-0.39, 0.29) is 17.7 Å². The minimum absolute atomic E-state index is 0.106. The summed E-state index contributed by atoms with van der Waals surface area (Å²) >= 11 is 1.64. The Morgan fingerprint density at radius 2 is 2.28 bits per heavy atom. The number of hydrogen-bond acceptors (Lipinski definition) is 4. The van der Waals surface area contributed by atoms with Crippen LogP contribution in [0.15, 0.2) is 41.2 Å². The van der Waals surface area contributed by atoms with Gasteiger partial charge in [0.25, 0.3) is 0 Å². The molecular weight excluding hydrogens is 334 g/mol. The largest absolute Gasteiger partial charge is 0.342 e.